The molecule has 0 atom stereocenters. The monoisotopic (exact) mass is 467 g/mol. The van der Waals surface area contributed by atoms with Crippen LogP contribution in [-0.4, -0.2) is 58.2 Å². The van der Waals surface area contributed by atoms with Crippen molar-refractivity contribution in [3.8, 4) is 17.2 Å². The van der Waals surface area contributed by atoms with Crippen LogP contribution in [0.2, 0.25) is 0 Å². The number of methoxy groups -OCH3 is 3. The molecule has 1 amide bonds. The van der Waals surface area contributed by atoms with Gasteiger partial charge in [-0.3, -0.25) is 4.79 Å². The lowest BCUT2D eigenvalue weighted by Crippen LogP contribution is -2.43. The Labute approximate surface area is 187 Å². The van der Waals surface area contributed by atoms with Crippen LogP contribution in [0.1, 0.15) is 29.9 Å². The number of ether oxygens (including phenoxy) is 3. The van der Waals surface area contributed by atoms with E-state index in [-0.39, 0.29) is 42.1 Å². The topological polar surface area (TPSA) is 120 Å². The summed E-state index contributed by atoms with van der Waals surface area (Å²) in [7, 11) is 0.891. The van der Waals surface area contributed by atoms with E-state index in [1.54, 1.807) is 26.0 Å². The van der Waals surface area contributed by atoms with E-state index in [0.717, 1.165) is 5.56 Å². The molecule has 2 aromatic rings. The molecule has 1 aromatic heterocycles. The van der Waals surface area contributed by atoms with Gasteiger partial charge in [-0.25, -0.2) is 8.42 Å². The minimum Gasteiger partial charge on any atom is -0.493 e. The van der Waals surface area contributed by atoms with Crippen LogP contribution in [-0.2, 0) is 21.4 Å². The predicted octanol–water partition coefficient (Wildman–Crippen LogP) is 2.03. The fraction of sp³-hybridized carbons (Fsp3) is 0.524. The molecule has 1 aromatic carbocycles. The molecule has 0 radical (unpaired) electrons. The first kappa shape index (κ1) is 23.9. The van der Waals surface area contributed by atoms with Gasteiger partial charge in [-0.15, -0.1) is 0 Å². The van der Waals surface area contributed by atoms with E-state index in [2.05, 4.69) is 10.5 Å². The van der Waals surface area contributed by atoms with Gasteiger partial charge < -0.3 is 24.1 Å². The quantitative estimate of drug-likeness (QED) is 0.626. The van der Waals surface area contributed by atoms with E-state index in [9.17, 15) is 13.2 Å². The van der Waals surface area contributed by atoms with Crippen molar-refractivity contribution in [1.82, 2.24) is 14.8 Å². The number of rotatable bonds is 8. The van der Waals surface area contributed by atoms with Gasteiger partial charge in [0.05, 0.1) is 21.3 Å². The molecule has 0 saturated carbocycles. The molecular weight excluding hydrogens is 438 g/mol. The van der Waals surface area contributed by atoms with Crippen molar-refractivity contribution in [1.29, 1.82) is 0 Å². The third-order valence-corrected chi connectivity index (χ3v) is 7.73. The zero-order valence-corrected chi connectivity index (χ0v) is 19.7. The molecule has 1 N–H and O–H groups in total. The zero-order valence-electron chi connectivity index (χ0n) is 18.9. The number of aryl methyl sites for hydroxylation is 2. The van der Waals surface area contributed by atoms with Crippen molar-refractivity contribution in [2.24, 2.45) is 5.92 Å². The second-order valence-electron chi connectivity index (χ2n) is 7.58. The van der Waals surface area contributed by atoms with Crippen LogP contribution in [0.5, 0.6) is 17.2 Å². The largest absolute Gasteiger partial charge is 0.493 e. The summed E-state index contributed by atoms with van der Waals surface area (Å²) < 4.78 is 48.3. The predicted molar refractivity (Wildman–Crippen MR) is 115 cm³/mol. The summed E-state index contributed by atoms with van der Waals surface area (Å²) in [6.07, 6.45) is 0.868. The maximum atomic E-state index is 12.9. The lowest BCUT2D eigenvalue weighted by Gasteiger charge is -2.30. The highest BCUT2D eigenvalue weighted by atomic mass is 32.2. The standard InChI is InChI=1S/C21H29N3O7S/c1-13-20(14(2)31-23-13)32(26,27)24-8-6-16(7-9-24)21(25)22-12-15-10-17(28-3)19(30-5)18(11-15)29-4/h10-11,16H,6-9,12H2,1-5H3,(H,22,25). The Bertz CT molecular complexity index is 1030. The number of sulfonamides is 1. The van der Waals surface area contributed by atoms with E-state index in [0.29, 0.717) is 35.8 Å². The van der Waals surface area contributed by atoms with Gasteiger partial charge in [0.15, 0.2) is 17.3 Å². The van der Waals surface area contributed by atoms with Crippen LogP contribution in [0.15, 0.2) is 21.6 Å². The second-order valence-corrected chi connectivity index (χ2v) is 9.46. The minimum absolute atomic E-state index is 0.114. The van der Waals surface area contributed by atoms with Gasteiger partial charge in [0.2, 0.25) is 21.7 Å². The van der Waals surface area contributed by atoms with Gasteiger partial charge in [-0.2, -0.15) is 4.31 Å². The molecule has 1 aliphatic heterocycles. The zero-order chi connectivity index (χ0) is 23.5. The number of nitrogens with one attached hydrogen (secondary N) is 1. The fourth-order valence-electron chi connectivity index (χ4n) is 3.90. The molecule has 2 heterocycles. The summed E-state index contributed by atoms with van der Waals surface area (Å²) in [6, 6.07) is 3.56. The number of carbonyl (C=O) groups excluding carboxylic acids is 1. The molecule has 1 aliphatic rings. The lowest BCUT2D eigenvalue weighted by atomic mass is 9.97. The number of piperidine rings is 1. The fourth-order valence-corrected chi connectivity index (χ4v) is 5.66. The number of carbonyl (C=O) groups is 1. The smallest absolute Gasteiger partial charge is 0.248 e. The van der Waals surface area contributed by atoms with Gasteiger partial charge in [0.25, 0.3) is 0 Å². The molecule has 1 saturated heterocycles. The molecule has 0 unspecified atom stereocenters. The number of nitrogens with zero attached hydrogens (tertiary/aromatic N) is 2. The van der Waals surface area contributed by atoms with E-state index in [4.69, 9.17) is 18.7 Å². The number of benzene rings is 1. The molecule has 1 fully saturated rings. The van der Waals surface area contributed by atoms with Crippen molar-refractivity contribution in [2.75, 3.05) is 34.4 Å². The summed E-state index contributed by atoms with van der Waals surface area (Å²) in [5.41, 5.74) is 1.14. The normalized spacial score (nSPS) is 15.4. The Morgan fingerprint density at radius 2 is 1.72 bits per heavy atom. The molecule has 176 valence electrons. The Morgan fingerprint density at radius 1 is 1.12 bits per heavy atom. The van der Waals surface area contributed by atoms with Crippen LogP contribution in [0.4, 0.5) is 0 Å². The Morgan fingerprint density at radius 3 is 2.19 bits per heavy atom. The maximum absolute atomic E-state index is 12.9. The van der Waals surface area contributed by atoms with E-state index < -0.39 is 10.0 Å². The average molecular weight is 468 g/mol. The average Bonchev–Trinajstić information content (AvgIpc) is 3.15. The van der Waals surface area contributed by atoms with Gasteiger partial charge in [-0.05, 0) is 44.4 Å². The highest BCUT2D eigenvalue weighted by Gasteiger charge is 2.35. The van der Waals surface area contributed by atoms with Crippen molar-refractivity contribution in [2.45, 2.75) is 38.1 Å². The maximum Gasteiger partial charge on any atom is 0.248 e. The Kier molecular flexibility index (Phi) is 7.29. The Balaban J connectivity index is 1.61. The number of hydrogen-bond acceptors (Lipinski definition) is 8. The molecule has 11 heteroatoms. The highest BCUT2D eigenvalue weighted by Crippen LogP contribution is 2.38. The first-order chi connectivity index (χ1) is 15.2. The van der Waals surface area contributed by atoms with Crippen molar-refractivity contribution in [3.05, 3.63) is 29.2 Å². The third-order valence-electron chi connectivity index (χ3n) is 5.58. The van der Waals surface area contributed by atoms with Crippen LogP contribution in [0.3, 0.4) is 0 Å². The molecule has 0 bridgehead atoms. The van der Waals surface area contributed by atoms with E-state index in [1.165, 1.54) is 25.6 Å². The summed E-state index contributed by atoms with van der Waals surface area (Å²) in [6.45, 7) is 3.99. The molecule has 0 spiro atoms. The molecule has 3 rings (SSSR count). The molecule has 0 aliphatic carbocycles. The van der Waals surface area contributed by atoms with Crippen molar-refractivity contribution < 1.29 is 31.9 Å². The molecule has 10 nitrogen and oxygen atoms in total. The van der Waals surface area contributed by atoms with E-state index in [1.807, 2.05) is 0 Å². The van der Waals surface area contributed by atoms with Crippen LogP contribution >= 0.6 is 0 Å². The summed E-state index contributed by atoms with van der Waals surface area (Å²) in [4.78, 5) is 12.8. The van der Waals surface area contributed by atoms with Crippen LogP contribution in [0.25, 0.3) is 0 Å². The second kappa shape index (κ2) is 9.78. The first-order valence-corrected chi connectivity index (χ1v) is 11.7. The van der Waals surface area contributed by atoms with Crippen LogP contribution in [0, 0.1) is 19.8 Å². The van der Waals surface area contributed by atoms with Crippen LogP contribution < -0.4 is 19.5 Å². The van der Waals surface area contributed by atoms with E-state index >= 15 is 0 Å². The minimum atomic E-state index is -3.70. The third kappa shape index (κ3) is 4.68. The first-order valence-electron chi connectivity index (χ1n) is 10.2. The van der Waals surface area contributed by atoms with Gasteiger partial charge in [0, 0.05) is 25.6 Å². The number of aromatic nitrogens is 1. The summed E-state index contributed by atoms with van der Waals surface area (Å²) >= 11 is 0. The number of hydrogen-bond donors (Lipinski definition) is 1. The SMILES string of the molecule is COc1cc(CNC(=O)C2CCN(S(=O)(=O)c3c(C)noc3C)CC2)cc(OC)c1OC. The molecule has 32 heavy (non-hydrogen) atoms. The van der Waals surface area contributed by atoms with Gasteiger partial charge in [-0.1, -0.05) is 5.16 Å². The van der Waals surface area contributed by atoms with Crippen molar-refractivity contribution >= 4 is 15.9 Å². The summed E-state index contributed by atoms with van der Waals surface area (Å²) in [5, 5.41) is 6.66. The molecular formula is C21H29N3O7S. The van der Waals surface area contributed by atoms with Gasteiger partial charge >= 0.3 is 0 Å². The number of amides is 1. The highest BCUT2D eigenvalue weighted by molar-refractivity contribution is 7.89. The van der Waals surface area contributed by atoms with Gasteiger partial charge in [0.1, 0.15) is 10.6 Å². The lowest BCUT2D eigenvalue weighted by molar-refractivity contribution is -0.126. The Hall–Kier alpha value is -2.79. The summed E-state index contributed by atoms with van der Waals surface area (Å²) in [5.74, 6) is 1.38. The van der Waals surface area contributed by atoms with Crippen molar-refractivity contribution in [3.63, 3.8) is 0 Å².